The highest BCUT2D eigenvalue weighted by molar-refractivity contribution is 6.30. The van der Waals surface area contributed by atoms with Gasteiger partial charge in [-0.1, -0.05) is 18.5 Å². The average Bonchev–Trinajstić information content (AvgIpc) is 2.30. The molecule has 3 nitrogen and oxygen atoms in total. The molecule has 1 aromatic rings. The average molecular weight is 243 g/mol. The van der Waals surface area contributed by atoms with Crippen molar-refractivity contribution in [3.8, 4) is 5.75 Å². The van der Waals surface area contributed by atoms with E-state index < -0.39 is 0 Å². The Morgan fingerprint density at radius 2 is 1.94 bits per heavy atom. The minimum atomic E-state index is 0.239. The minimum Gasteiger partial charge on any atom is -0.496 e. The third-order valence-electron chi connectivity index (χ3n) is 2.99. The fourth-order valence-corrected chi connectivity index (χ4v) is 2.00. The third kappa shape index (κ3) is 2.88. The fourth-order valence-electron chi connectivity index (χ4n) is 1.82. The molecule has 0 saturated heterocycles. The Morgan fingerprint density at radius 3 is 2.44 bits per heavy atom. The van der Waals surface area contributed by atoms with Gasteiger partial charge < -0.3 is 16.2 Å². The van der Waals surface area contributed by atoms with E-state index in [4.69, 9.17) is 27.8 Å². The molecule has 1 aromatic carbocycles. The van der Waals surface area contributed by atoms with Crippen molar-refractivity contribution in [2.75, 3.05) is 20.2 Å². The van der Waals surface area contributed by atoms with Crippen LogP contribution in [0.5, 0.6) is 5.75 Å². The smallest absolute Gasteiger partial charge is 0.122 e. The second kappa shape index (κ2) is 6.09. The Balaban J connectivity index is 3.04. The molecule has 0 fully saturated rings. The van der Waals surface area contributed by atoms with E-state index in [2.05, 4.69) is 6.92 Å². The molecule has 0 aliphatic rings. The van der Waals surface area contributed by atoms with Gasteiger partial charge in [-0.05, 0) is 48.7 Å². The zero-order chi connectivity index (χ0) is 12.1. The molecule has 4 heteroatoms. The van der Waals surface area contributed by atoms with Crippen molar-refractivity contribution < 1.29 is 4.74 Å². The lowest BCUT2D eigenvalue weighted by Crippen LogP contribution is -2.28. The van der Waals surface area contributed by atoms with E-state index in [0.717, 1.165) is 11.3 Å². The summed E-state index contributed by atoms with van der Waals surface area (Å²) in [6.07, 6.45) is 0. The standard InChI is InChI=1S/C12H19ClN2O/c1-8(9(6-14)7-15)11-5-10(13)3-4-12(11)16-2/h3-5,8-9H,6-7,14-15H2,1-2H3. The summed E-state index contributed by atoms with van der Waals surface area (Å²) in [4.78, 5) is 0. The molecule has 1 unspecified atom stereocenters. The van der Waals surface area contributed by atoms with Crippen LogP contribution >= 0.6 is 11.6 Å². The zero-order valence-corrected chi connectivity index (χ0v) is 10.5. The second-order valence-corrected chi connectivity index (χ2v) is 4.34. The van der Waals surface area contributed by atoms with Crippen molar-refractivity contribution in [2.45, 2.75) is 12.8 Å². The molecule has 0 spiro atoms. The van der Waals surface area contributed by atoms with E-state index in [1.54, 1.807) is 7.11 Å². The molecule has 16 heavy (non-hydrogen) atoms. The summed E-state index contributed by atoms with van der Waals surface area (Å²) >= 11 is 5.99. The van der Waals surface area contributed by atoms with Crippen LogP contribution < -0.4 is 16.2 Å². The van der Waals surface area contributed by atoms with Crippen molar-refractivity contribution in [3.63, 3.8) is 0 Å². The third-order valence-corrected chi connectivity index (χ3v) is 3.23. The number of hydrogen-bond acceptors (Lipinski definition) is 3. The summed E-state index contributed by atoms with van der Waals surface area (Å²) in [5.41, 5.74) is 12.5. The number of methoxy groups -OCH3 is 1. The Bertz CT molecular complexity index is 340. The molecule has 0 saturated carbocycles. The summed E-state index contributed by atoms with van der Waals surface area (Å²) in [6, 6.07) is 5.61. The summed E-state index contributed by atoms with van der Waals surface area (Å²) in [5.74, 6) is 1.32. The van der Waals surface area contributed by atoms with Gasteiger partial charge in [0.2, 0.25) is 0 Å². The van der Waals surface area contributed by atoms with Gasteiger partial charge in [0.05, 0.1) is 7.11 Å². The van der Waals surface area contributed by atoms with Crippen molar-refractivity contribution in [1.29, 1.82) is 0 Å². The Morgan fingerprint density at radius 1 is 1.31 bits per heavy atom. The summed E-state index contributed by atoms with van der Waals surface area (Å²) in [5, 5.41) is 0.704. The van der Waals surface area contributed by atoms with Gasteiger partial charge in [0.25, 0.3) is 0 Å². The summed E-state index contributed by atoms with van der Waals surface area (Å²) in [7, 11) is 1.65. The number of ether oxygens (including phenoxy) is 1. The SMILES string of the molecule is COc1ccc(Cl)cc1C(C)C(CN)CN. The number of rotatable bonds is 5. The fraction of sp³-hybridized carbons (Fsp3) is 0.500. The monoisotopic (exact) mass is 242 g/mol. The molecule has 0 heterocycles. The number of benzene rings is 1. The number of nitrogens with two attached hydrogens (primary N) is 2. The first kappa shape index (κ1) is 13.3. The van der Waals surface area contributed by atoms with Crippen LogP contribution in [0.3, 0.4) is 0 Å². The highest BCUT2D eigenvalue weighted by Gasteiger charge is 2.19. The zero-order valence-electron chi connectivity index (χ0n) is 9.74. The van der Waals surface area contributed by atoms with Crippen molar-refractivity contribution in [1.82, 2.24) is 0 Å². The molecule has 0 aliphatic carbocycles. The van der Waals surface area contributed by atoms with Crippen molar-refractivity contribution in [3.05, 3.63) is 28.8 Å². The summed E-state index contributed by atoms with van der Waals surface area (Å²) < 4.78 is 5.32. The van der Waals surface area contributed by atoms with E-state index in [0.29, 0.717) is 18.1 Å². The Hall–Kier alpha value is -0.770. The van der Waals surface area contributed by atoms with E-state index in [9.17, 15) is 0 Å². The molecule has 1 atom stereocenters. The molecule has 0 aromatic heterocycles. The lowest BCUT2D eigenvalue weighted by molar-refractivity contribution is 0.392. The Labute approximate surface area is 102 Å². The predicted octanol–water partition coefficient (Wildman–Crippen LogP) is 1.99. The van der Waals surface area contributed by atoms with Crippen LogP contribution in [0.2, 0.25) is 5.02 Å². The van der Waals surface area contributed by atoms with E-state index in [1.807, 2.05) is 18.2 Å². The molecule has 4 N–H and O–H groups in total. The molecule has 1 rings (SSSR count). The van der Waals surface area contributed by atoms with Gasteiger partial charge in [0.1, 0.15) is 5.75 Å². The molecule has 0 bridgehead atoms. The normalized spacial score (nSPS) is 12.9. The number of hydrogen-bond donors (Lipinski definition) is 2. The Kier molecular flexibility index (Phi) is 5.06. The van der Waals surface area contributed by atoms with Crippen LogP contribution in [0.15, 0.2) is 18.2 Å². The quantitative estimate of drug-likeness (QED) is 0.830. The minimum absolute atomic E-state index is 0.239. The van der Waals surface area contributed by atoms with Crippen LogP contribution in [0.4, 0.5) is 0 Å². The molecule has 90 valence electrons. The first-order chi connectivity index (χ1) is 7.63. The maximum absolute atomic E-state index is 5.99. The first-order valence-electron chi connectivity index (χ1n) is 5.37. The van der Waals surface area contributed by atoms with Crippen LogP contribution in [0.25, 0.3) is 0 Å². The van der Waals surface area contributed by atoms with Gasteiger partial charge in [0, 0.05) is 5.02 Å². The molecular weight excluding hydrogens is 224 g/mol. The van der Waals surface area contributed by atoms with Gasteiger partial charge >= 0.3 is 0 Å². The van der Waals surface area contributed by atoms with Gasteiger partial charge in [-0.3, -0.25) is 0 Å². The number of halogens is 1. The van der Waals surface area contributed by atoms with Gasteiger partial charge in [-0.25, -0.2) is 0 Å². The van der Waals surface area contributed by atoms with E-state index >= 15 is 0 Å². The van der Waals surface area contributed by atoms with Gasteiger partial charge in [-0.2, -0.15) is 0 Å². The molecule has 0 radical (unpaired) electrons. The second-order valence-electron chi connectivity index (χ2n) is 3.91. The molecule has 0 amide bonds. The maximum atomic E-state index is 5.99. The predicted molar refractivity (Wildman–Crippen MR) is 68.0 cm³/mol. The van der Waals surface area contributed by atoms with E-state index in [1.165, 1.54) is 0 Å². The van der Waals surface area contributed by atoms with Crippen LogP contribution in [0, 0.1) is 5.92 Å². The highest BCUT2D eigenvalue weighted by atomic mass is 35.5. The van der Waals surface area contributed by atoms with Crippen molar-refractivity contribution in [2.24, 2.45) is 17.4 Å². The lowest BCUT2D eigenvalue weighted by Gasteiger charge is -2.23. The van der Waals surface area contributed by atoms with E-state index in [-0.39, 0.29) is 11.8 Å². The van der Waals surface area contributed by atoms with Crippen molar-refractivity contribution >= 4 is 11.6 Å². The topological polar surface area (TPSA) is 61.3 Å². The molecular formula is C12H19ClN2O. The van der Waals surface area contributed by atoms with Crippen LogP contribution in [-0.2, 0) is 0 Å². The molecule has 0 aliphatic heterocycles. The highest BCUT2D eigenvalue weighted by Crippen LogP contribution is 2.33. The lowest BCUT2D eigenvalue weighted by atomic mass is 9.87. The summed E-state index contributed by atoms with van der Waals surface area (Å²) in [6.45, 7) is 3.22. The maximum Gasteiger partial charge on any atom is 0.122 e. The van der Waals surface area contributed by atoms with Crippen LogP contribution in [-0.4, -0.2) is 20.2 Å². The first-order valence-corrected chi connectivity index (χ1v) is 5.75. The largest absolute Gasteiger partial charge is 0.496 e. The van der Waals surface area contributed by atoms with Gasteiger partial charge in [-0.15, -0.1) is 0 Å². The van der Waals surface area contributed by atoms with Crippen LogP contribution in [0.1, 0.15) is 18.4 Å². The van der Waals surface area contributed by atoms with Gasteiger partial charge in [0.15, 0.2) is 0 Å².